The fraction of sp³-hybridized carbons (Fsp3) is 0.294. The van der Waals surface area contributed by atoms with Crippen molar-refractivity contribution in [2.45, 2.75) is 43.9 Å². The van der Waals surface area contributed by atoms with E-state index in [-0.39, 0.29) is 0 Å². The van der Waals surface area contributed by atoms with E-state index >= 15 is 0 Å². The van der Waals surface area contributed by atoms with E-state index in [0.717, 1.165) is 6.42 Å². The first-order valence-electron chi connectivity index (χ1n) is 6.45. The zero-order valence-electron chi connectivity index (χ0n) is 11.6. The van der Waals surface area contributed by atoms with Gasteiger partial charge in [0.15, 0.2) is 0 Å². The van der Waals surface area contributed by atoms with Crippen molar-refractivity contribution in [3.63, 3.8) is 0 Å². The molecule has 0 radical (unpaired) electrons. The molecule has 1 heteroatoms. The third-order valence-corrected chi connectivity index (χ3v) is 4.64. The Balaban J connectivity index is 2.40. The zero-order valence-corrected chi connectivity index (χ0v) is 12.4. The van der Waals surface area contributed by atoms with Gasteiger partial charge >= 0.3 is 0 Å². The van der Waals surface area contributed by atoms with Crippen molar-refractivity contribution >= 4 is 11.8 Å². The monoisotopic (exact) mass is 256 g/mol. The molecule has 0 aromatic heterocycles. The lowest BCUT2D eigenvalue weighted by atomic mass is 10.1. The standard InChI is InChI=1S/C17H20S/c1-5-15-8-6-7-9-16(15)18-17-13(3)10-12(2)11-14(17)4/h6-11H,5H2,1-4H3. The third kappa shape index (κ3) is 2.78. The maximum absolute atomic E-state index is 2.27. The molecule has 0 bridgehead atoms. The molecular weight excluding hydrogens is 236 g/mol. The molecule has 0 unspecified atom stereocenters. The van der Waals surface area contributed by atoms with Crippen molar-refractivity contribution in [1.82, 2.24) is 0 Å². The van der Waals surface area contributed by atoms with E-state index in [2.05, 4.69) is 64.1 Å². The molecule has 0 aliphatic heterocycles. The first kappa shape index (κ1) is 13.2. The molecule has 0 saturated carbocycles. The van der Waals surface area contributed by atoms with Gasteiger partial charge in [0.05, 0.1) is 0 Å². The van der Waals surface area contributed by atoms with Gasteiger partial charge in [-0.1, -0.05) is 54.6 Å². The van der Waals surface area contributed by atoms with Crippen LogP contribution in [0.4, 0.5) is 0 Å². The van der Waals surface area contributed by atoms with Gasteiger partial charge in [0, 0.05) is 9.79 Å². The highest BCUT2D eigenvalue weighted by Gasteiger charge is 2.08. The van der Waals surface area contributed by atoms with Crippen molar-refractivity contribution in [1.29, 1.82) is 0 Å². The van der Waals surface area contributed by atoms with Crippen LogP contribution in [-0.2, 0) is 6.42 Å². The fourth-order valence-corrected chi connectivity index (χ4v) is 3.48. The van der Waals surface area contributed by atoms with Crippen LogP contribution in [0.5, 0.6) is 0 Å². The summed E-state index contributed by atoms with van der Waals surface area (Å²) in [6, 6.07) is 13.2. The van der Waals surface area contributed by atoms with Gasteiger partial charge in [-0.25, -0.2) is 0 Å². The summed E-state index contributed by atoms with van der Waals surface area (Å²) in [4.78, 5) is 2.79. The Bertz CT molecular complexity index is 532. The van der Waals surface area contributed by atoms with E-state index in [4.69, 9.17) is 0 Å². The Morgan fingerprint density at radius 2 is 1.56 bits per heavy atom. The van der Waals surface area contributed by atoms with Crippen LogP contribution in [-0.4, -0.2) is 0 Å². The topological polar surface area (TPSA) is 0 Å². The Hall–Kier alpha value is -1.21. The molecule has 94 valence electrons. The number of benzene rings is 2. The number of rotatable bonds is 3. The lowest BCUT2D eigenvalue weighted by Gasteiger charge is -2.13. The van der Waals surface area contributed by atoms with Crippen molar-refractivity contribution < 1.29 is 0 Å². The minimum atomic E-state index is 1.09. The minimum absolute atomic E-state index is 1.09. The van der Waals surface area contributed by atoms with Crippen molar-refractivity contribution in [3.05, 3.63) is 58.7 Å². The predicted octanol–water partition coefficient (Wildman–Crippen LogP) is 5.33. The molecule has 0 saturated heterocycles. The molecule has 0 atom stereocenters. The second-order valence-corrected chi connectivity index (χ2v) is 5.84. The zero-order chi connectivity index (χ0) is 13.1. The van der Waals surface area contributed by atoms with Gasteiger partial charge in [0.1, 0.15) is 0 Å². The molecule has 2 rings (SSSR count). The van der Waals surface area contributed by atoms with Crippen LogP contribution in [0.2, 0.25) is 0 Å². The molecule has 0 amide bonds. The van der Waals surface area contributed by atoms with E-state index in [1.54, 1.807) is 0 Å². The highest BCUT2D eigenvalue weighted by atomic mass is 32.2. The first-order valence-corrected chi connectivity index (χ1v) is 7.27. The average molecular weight is 256 g/mol. The van der Waals surface area contributed by atoms with E-state index in [1.165, 1.54) is 32.0 Å². The molecule has 0 aliphatic carbocycles. The summed E-state index contributed by atoms with van der Waals surface area (Å²) in [6.07, 6.45) is 1.09. The first-order chi connectivity index (χ1) is 8.61. The summed E-state index contributed by atoms with van der Waals surface area (Å²) in [5.41, 5.74) is 5.53. The van der Waals surface area contributed by atoms with Crippen molar-refractivity contribution in [2.24, 2.45) is 0 Å². The Morgan fingerprint density at radius 3 is 2.17 bits per heavy atom. The SMILES string of the molecule is CCc1ccccc1Sc1c(C)cc(C)cc1C. The molecule has 0 nitrogen and oxygen atoms in total. The number of aryl methyl sites for hydroxylation is 4. The number of hydrogen-bond acceptors (Lipinski definition) is 1. The summed E-state index contributed by atoms with van der Waals surface area (Å²) in [7, 11) is 0. The molecule has 0 aliphatic rings. The van der Waals surface area contributed by atoms with Gasteiger partial charge in [-0.05, 0) is 49.9 Å². The largest absolute Gasteiger partial charge is 0.0893 e. The van der Waals surface area contributed by atoms with Crippen LogP contribution in [0, 0.1) is 20.8 Å². The van der Waals surface area contributed by atoms with Crippen molar-refractivity contribution in [2.75, 3.05) is 0 Å². The van der Waals surface area contributed by atoms with E-state index < -0.39 is 0 Å². The van der Waals surface area contributed by atoms with Crippen LogP contribution in [0.15, 0.2) is 46.2 Å². The minimum Gasteiger partial charge on any atom is -0.0893 e. The maximum Gasteiger partial charge on any atom is 0.0181 e. The smallest absolute Gasteiger partial charge is 0.0181 e. The highest BCUT2D eigenvalue weighted by molar-refractivity contribution is 7.99. The molecule has 0 heterocycles. The normalized spacial score (nSPS) is 10.7. The molecule has 0 spiro atoms. The molecule has 2 aromatic rings. The van der Waals surface area contributed by atoms with Gasteiger partial charge in [0.25, 0.3) is 0 Å². The van der Waals surface area contributed by atoms with Gasteiger partial charge in [-0.2, -0.15) is 0 Å². The van der Waals surface area contributed by atoms with Crippen LogP contribution in [0.1, 0.15) is 29.2 Å². The molecule has 0 N–H and O–H groups in total. The summed E-state index contributed by atoms with van der Waals surface area (Å²) >= 11 is 1.90. The van der Waals surface area contributed by atoms with Gasteiger partial charge in [-0.3, -0.25) is 0 Å². The Morgan fingerprint density at radius 1 is 0.944 bits per heavy atom. The second-order valence-electron chi connectivity index (χ2n) is 4.79. The molecular formula is C17H20S. The van der Waals surface area contributed by atoms with Crippen LogP contribution < -0.4 is 0 Å². The number of hydrogen-bond donors (Lipinski definition) is 0. The summed E-state index contributed by atoms with van der Waals surface area (Å²) in [5.74, 6) is 0. The Labute approximate surface area is 114 Å². The van der Waals surface area contributed by atoms with Gasteiger partial charge in [0.2, 0.25) is 0 Å². The van der Waals surface area contributed by atoms with Crippen LogP contribution >= 0.6 is 11.8 Å². The molecule has 2 aromatic carbocycles. The summed E-state index contributed by atoms with van der Waals surface area (Å²) < 4.78 is 0. The van der Waals surface area contributed by atoms with Crippen LogP contribution in [0.3, 0.4) is 0 Å². The molecule has 18 heavy (non-hydrogen) atoms. The third-order valence-electron chi connectivity index (χ3n) is 3.17. The lowest BCUT2D eigenvalue weighted by molar-refractivity contribution is 1.08. The van der Waals surface area contributed by atoms with E-state index in [0.29, 0.717) is 0 Å². The van der Waals surface area contributed by atoms with E-state index in [1.807, 2.05) is 11.8 Å². The van der Waals surface area contributed by atoms with E-state index in [9.17, 15) is 0 Å². The fourth-order valence-electron chi connectivity index (χ4n) is 2.33. The lowest BCUT2D eigenvalue weighted by Crippen LogP contribution is -1.90. The van der Waals surface area contributed by atoms with Crippen LogP contribution in [0.25, 0.3) is 0 Å². The van der Waals surface area contributed by atoms with Gasteiger partial charge in [-0.15, -0.1) is 0 Å². The van der Waals surface area contributed by atoms with Gasteiger partial charge < -0.3 is 0 Å². The molecule has 0 fully saturated rings. The summed E-state index contributed by atoms with van der Waals surface area (Å²) in [6.45, 7) is 8.79. The highest BCUT2D eigenvalue weighted by Crippen LogP contribution is 2.35. The van der Waals surface area contributed by atoms with Crippen molar-refractivity contribution in [3.8, 4) is 0 Å². The summed E-state index contributed by atoms with van der Waals surface area (Å²) in [5, 5.41) is 0. The average Bonchev–Trinajstić information content (AvgIpc) is 2.34. The predicted molar refractivity (Wildman–Crippen MR) is 80.6 cm³/mol. The maximum atomic E-state index is 2.27. The quantitative estimate of drug-likeness (QED) is 0.715. The second kappa shape index (κ2) is 5.62. The Kier molecular flexibility index (Phi) is 4.13.